The van der Waals surface area contributed by atoms with Crippen LogP contribution in [0.3, 0.4) is 0 Å². The third-order valence-electron chi connectivity index (χ3n) is 4.49. The normalized spacial score (nSPS) is 16.0. The van der Waals surface area contributed by atoms with E-state index in [1.165, 1.54) is 43.2 Å². The second-order valence-corrected chi connectivity index (χ2v) is 6.02. The Balaban J connectivity index is 1.75. The molecule has 1 fully saturated rings. The van der Waals surface area contributed by atoms with E-state index in [9.17, 15) is 4.79 Å². The van der Waals surface area contributed by atoms with Gasteiger partial charge in [0.05, 0.1) is 6.54 Å². The monoisotopic (exact) mass is 282 g/mol. The largest absolute Gasteiger partial charge is 0.308 e. The van der Waals surface area contributed by atoms with E-state index < -0.39 is 0 Å². The van der Waals surface area contributed by atoms with Gasteiger partial charge in [-0.3, -0.25) is 9.78 Å². The molecule has 3 nitrogen and oxygen atoms in total. The Kier molecular flexibility index (Phi) is 4.18. The van der Waals surface area contributed by atoms with Crippen molar-refractivity contribution in [3.8, 4) is 0 Å². The van der Waals surface area contributed by atoms with Gasteiger partial charge >= 0.3 is 0 Å². The van der Waals surface area contributed by atoms with Crippen LogP contribution in [0.2, 0.25) is 0 Å². The first-order valence-corrected chi connectivity index (χ1v) is 7.85. The van der Waals surface area contributed by atoms with Gasteiger partial charge in [0.1, 0.15) is 5.69 Å². The second kappa shape index (κ2) is 6.25. The summed E-state index contributed by atoms with van der Waals surface area (Å²) in [6.07, 6.45) is 10.2. The van der Waals surface area contributed by atoms with Crippen LogP contribution in [-0.2, 0) is 6.54 Å². The molecule has 0 radical (unpaired) electrons. The van der Waals surface area contributed by atoms with Crippen molar-refractivity contribution in [1.29, 1.82) is 0 Å². The highest BCUT2D eigenvalue weighted by molar-refractivity contribution is 5.26. The fourth-order valence-electron chi connectivity index (χ4n) is 3.21. The molecule has 0 saturated heterocycles. The van der Waals surface area contributed by atoms with Crippen LogP contribution in [0.15, 0.2) is 41.5 Å². The Hall–Kier alpha value is -1.90. The van der Waals surface area contributed by atoms with E-state index in [0.717, 1.165) is 5.92 Å². The summed E-state index contributed by atoms with van der Waals surface area (Å²) in [6.45, 7) is 2.37. The van der Waals surface area contributed by atoms with Crippen LogP contribution in [0.1, 0.15) is 54.8 Å². The Morgan fingerprint density at radius 3 is 2.57 bits per heavy atom. The third kappa shape index (κ3) is 3.23. The molecular formula is C18H22N2O. The molecule has 0 N–H and O–H groups in total. The number of benzene rings is 1. The van der Waals surface area contributed by atoms with Gasteiger partial charge in [0.2, 0.25) is 0 Å². The van der Waals surface area contributed by atoms with E-state index in [1.54, 1.807) is 23.9 Å². The Morgan fingerprint density at radius 2 is 1.86 bits per heavy atom. The van der Waals surface area contributed by atoms with Gasteiger partial charge in [0.25, 0.3) is 5.56 Å². The summed E-state index contributed by atoms with van der Waals surface area (Å²) in [4.78, 5) is 16.0. The van der Waals surface area contributed by atoms with Crippen LogP contribution in [0.25, 0.3) is 0 Å². The van der Waals surface area contributed by atoms with Crippen molar-refractivity contribution in [2.75, 3.05) is 0 Å². The second-order valence-electron chi connectivity index (χ2n) is 6.02. The van der Waals surface area contributed by atoms with Gasteiger partial charge in [-0.2, -0.15) is 0 Å². The highest BCUT2D eigenvalue weighted by Gasteiger charge is 2.15. The molecule has 21 heavy (non-hydrogen) atoms. The molecule has 0 amide bonds. The van der Waals surface area contributed by atoms with Crippen LogP contribution in [0.5, 0.6) is 0 Å². The van der Waals surface area contributed by atoms with Gasteiger partial charge in [0, 0.05) is 12.4 Å². The van der Waals surface area contributed by atoms with Crippen LogP contribution < -0.4 is 5.56 Å². The number of hydrogen-bond donors (Lipinski definition) is 0. The van der Waals surface area contributed by atoms with Gasteiger partial charge in [-0.15, -0.1) is 0 Å². The molecule has 110 valence electrons. The molecule has 0 aliphatic heterocycles. The van der Waals surface area contributed by atoms with Gasteiger partial charge in [-0.05, 0) is 36.8 Å². The average molecular weight is 282 g/mol. The predicted molar refractivity (Wildman–Crippen MR) is 84.6 cm³/mol. The van der Waals surface area contributed by atoms with E-state index in [2.05, 4.69) is 29.2 Å². The minimum absolute atomic E-state index is 0.00569. The van der Waals surface area contributed by atoms with Crippen LogP contribution in [0, 0.1) is 6.92 Å². The maximum atomic E-state index is 12.0. The average Bonchev–Trinajstić information content (AvgIpc) is 2.53. The fraction of sp³-hybridized carbons (Fsp3) is 0.444. The number of nitrogens with zero attached hydrogens (tertiary/aromatic N) is 2. The van der Waals surface area contributed by atoms with Gasteiger partial charge < -0.3 is 4.57 Å². The zero-order valence-corrected chi connectivity index (χ0v) is 12.6. The van der Waals surface area contributed by atoms with E-state index in [4.69, 9.17) is 0 Å². The molecular weight excluding hydrogens is 260 g/mol. The predicted octanol–water partition coefficient (Wildman–Crippen LogP) is 3.65. The zero-order valence-electron chi connectivity index (χ0n) is 12.6. The molecule has 2 aromatic rings. The molecule has 0 spiro atoms. The minimum atomic E-state index is -0.00569. The van der Waals surface area contributed by atoms with Gasteiger partial charge in [-0.1, -0.05) is 43.5 Å². The summed E-state index contributed by atoms with van der Waals surface area (Å²) in [5.74, 6) is 0.735. The molecule has 1 saturated carbocycles. The number of hydrogen-bond acceptors (Lipinski definition) is 2. The lowest BCUT2D eigenvalue weighted by atomic mass is 9.84. The number of aromatic nitrogens is 2. The molecule has 0 unspecified atom stereocenters. The van der Waals surface area contributed by atoms with Crippen LogP contribution in [-0.4, -0.2) is 9.55 Å². The van der Waals surface area contributed by atoms with Crippen molar-refractivity contribution >= 4 is 0 Å². The van der Waals surface area contributed by atoms with Crippen molar-refractivity contribution < 1.29 is 0 Å². The van der Waals surface area contributed by atoms with Crippen molar-refractivity contribution in [3.63, 3.8) is 0 Å². The lowest BCUT2D eigenvalue weighted by molar-refractivity contribution is 0.443. The van der Waals surface area contributed by atoms with Gasteiger partial charge in [0.15, 0.2) is 0 Å². The summed E-state index contributed by atoms with van der Waals surface area (Å²) in [7, 11) is 0. The standard InChI is InChI=1S/C18H22N2O/c1-14-18(21)20(12-11-19-14)13-15-7-9-17(10-8-15)16-5-3-2-4-6-16/h7-12,16H,2-6,13H2,1H3. The molecule has 1 aliphatic rings. The highest BCUT2D eigenvalue weighted by atomic mass is 16.1. The van der Waals surface area contributed by atoms with E-state index in [-0.39, 0.29) is 5.56 Å². The van der Waals surface area contributed by atoms with E-state index in [1.807, 2.05) is 0 Å². The topological polar surface area (TPSA) is 34.9 Å². The van der Waals surface area contributed by atoms with Crippen molar-refractivity contribution in [2.45, 2.75) is 51.5 Å². The first kappa shape index (κ1) is 14.1. The summed E-state index contributed by atoms with van der Waals surface area (Å²) < 4.78 is 1.72. The molecule has 3 heteroatoms. The summed E-state index contributed by atoms with van der Waals surface area (Å²) in [5.41, 5.74) is 3.17. The van der Waals surface area contributed by atoms with Crippen LogP contribution >= 0.6 is 0 Å². The molecule has 0 atom stereocenters. The van der Waals surface area contributed by atoms with Crippen molar-refractivity contribution in [3.05, 3.63) is 63.8 Å². The molecule has 1 heterocycles. The molecule has 1 aliphatic carbocycles. The molecule has 3 rings (SSSR count). The SMILES string of the molecule is Cc1nccn(Cc2ccc(C3CCCCC3)cc2)c1=O. The minimum Gasteiger partial charge on any atom is -0.308 e. The Labute approximate surface area is 125 Å². The van der Waals surface area contributed by atoms with Crippen LogP contribution in [0.4, 0.5) is 0 Å². The zero-order chi connectivity index (χ0) is 14.7. The quantitative estimate of drug-likeness (QED) is 0.861. The Morgan fingerprint density at radius 1 is 1.14 bits per heavy atom. The summed E-state index contributed by atoms with van der Waals surface area (Å²) in [6, 6.07) is 8.80. The molecule has 1 aromatic carbocycles. The lowest BCUT2D eigenvalue weighted by Gasteiger charge is -2.22. The lowest BCUT2D eigenvalue weighted by Crippen LogP contribution is -2.23. The van der Waals surface area contributed by atoms with E-state index in [0.29, 0.717) is 12.2 Å². The maximum absolute atomic E-state index is 12.0. The third-order valence-corrected chi connectivity index (χ3v) is 4.49. The first-order valence-electron chi connectivity index (χ1n) is 7.85. The number of aryl methyl sites for hydroxylation is 1. The first-order chi connectivity index (χ1) is 10.2. The summed E-state index contributed by atoms with van der Waals surface area (Å²) >= 11 is 0. The Bertz CT molecular complexity index is 652. The molecule has 1 aromatic heterocycles. The smallest absolute Gasteiger partial charge is 0.272 e. The van der Waals surface area contributed by atoms with E-state index >= 15 is 0 Å². The van der Waals surface area contributed by atoms with Crippen molar-refractivity contribution in [2.24, 2.45) is 0 Å². The summed E-state index contributed by atoms with van der Waals surface area (Å²) in [5, 5.41) is 0. The number of rotatable bonds is 3. The van der Waals surface area contributed by atoms with Gasteiger partial charge in [-0.25, -0.2) is 0 Å². The highest BCUT2D eigenvalue weighted by Crippen LogP contribution is 2.32. The fourth-order valence-corrected chi connectivity index (χ4v) is 3.21. The van der Waals surface area contributed by atoms with Crippen molar-refractivity contribution in [1.82, 2.24) is 9.55 Å². The molecule has 0 bridgehead atoms. The maximum Gasteiger partial charge on any atom is 0.272 e.